The minimum absolute atomic E-state index is 0.0523. The zero-order valence-electron chi connectivity index (χ0n) is 71.2. The SMILES string of the molecule is COc1cc(-c2c(C)nc3c(NCc4ccc(S(N)(=O)=O)cc4)nccn23)ccc1O.COc1ccc(-c2cnc3c(NCc4ccc(Cl)cc4)nccn23)cc1OC.NS(=O)(=O)c1ccc(CNc2nc(Br)cn3c(Br)cnc23)cc1.NS(=O)(=O)c1ccc(CNc2nccn3c(-c4ccc(O)c(O)c4)cnc23)cc1.Oc1cccc(-c2cnc3c(NCc4cccs4)nccn23)c1. The Morgan fingerprint density at radius 1 is 0.396 bits per heavy atom. The van der Waals surface area contributed by atoms with E-state index in [1.807, 2.05) is 114 Å². The van der Waals surface area contributed by atoms with Crippen LogP contribution < -0.4 is 56.2 Å². The lowest BCUT2D eigenvalue weighted by atomic mass is 10.1. The number of anilines is 5. The fourth-order valence-electron chi connectivity index (χ4n) is 13.9. The molecule has 0 saturated carbocycles. The number of nitrogens with one attached hydrogen (secondary N) is 5. The fraction of sp³-hybridized carbons (Fsp3) is 0.0989. The van der Waals surface area contributed by atoms with Gasteiger partial charge >= 0.3 is 0 Å². The quantitative estimate of drug-likeness (QED) is 0.0236. The number of phenolic OH excluding ortho intramolecular Hbond substituents is 4. The molecular formula is C91H82Br2ClN23O13S4. The van der Waals surface area contributed by atoms with Crippen LogP contribution in [0.5, 0.6) is 40.2 Å². The standard InChI is InChI=1S/C21H19ClN4O2.C21H21N5O4S.C19H17N5O4S.C17H14N4OS.C13H11Br2N5O2S/c1-27-18-8-5-15(11-19(18)28-2)17-13-25-21-20(23-9-10-26(17)21)24-12-14-3-6-16(22)7-4-14;1-13-19(15-5-8-17(27)18(11-15)30-2)26-10-9-23-20(21(26)25-13)24-12-14-3-6-16(7-4-14)31(22,28)29;20-29(27,28)14-4-1-12(2-5-14)10-22-18-19-23-11-15(24(19)8-7-21-18)13-3-6-16(25)17(26)9-13;22-13-4-1-3-12(9-13)15-11-20-17-16(18-6-7-21(15)17)19-10-14-5-2-8-23-14;14-10-7-20-11(15)6-18-13(20)12(19-10)17-5-8-1-3-9(4-2-8)23(16,21)22/h3-11,13H,12H2,1-2H3,(H,23,24);3-11,27H,12H2,1-2H3,(H,23,24)(H2,22,28,29);1-9,11,25-26H,10H2,(H,21,22)(H2,20,27,28);1-9,11,22H,10H2,(H,18,19);1-4,6-7H,5H2,(H,17,19)(H2,16,21,22). The van der Waals surface area contributed by atoms with Gasteiger partial charge in [0.2, 0.25) is 30.1 Å². The Kier molecular flexibility index (Phi) is 28.9. The van der Waals surface area contributed by atoms with Crippen molar-refractivity contribution in [2.24, 2.45) is 15.4 Å². The molecule has 0 radical (unpaired) electrons. The Labute approximate surface area is 792 Å². The molecule has 0 atom stereocenters. The Balaban J connectivity index is 0.000000128. The highest BCUT2D eigenvalue weighted by molar-refractivity contribution is 9.10. The van der Waals surface area contributed by atoms with Gasteiger partial charge in [-0.25, -0.2) is 90.5 Å². The smallest absolute Gasteiger partial charge is 0.238 e. The molecule has 36 nitrogen and oxygen atoms in total. The highest BCUT2D eigenvalue weighted by Crippen LogP contribution is 2.38. The first-order valence-electron chi connectivity index (χ1n) is 40.2. The first-order chi connectivity index (χ1) is 64.4. The highest BCUT2D eigenvalue weighted by atomic mass is 79.9. The van der Waals surface area contributed by atoms with Crippen LogP contribution in [0.2, 0.25) is 5.02 Å². The van der Waals surface area contributed by atoms with Crippen molar-refractivity contribution < 1.29 is 59.9 Å². The second-order valence-corrected chi connectivity index (χ2v) is 37.1. The Bertz CT molecular complexity index is 7820. The Morgan fingerprint density at radius 2 is 0.806 bits per heavy atom. The highest BCUT2D eigenvalue weighted by Gasteiger charge is 2.21. The van der Waals surface area contributed by atoms with E-state index in [1.165, 1.54) is 60.5 Å². The van der Waals surface area contributed by atoms with Crippen molar-refractivity contribution in [2.45, 2.75) is 54.3 Å². The maximum absolute atomic E-state index is 11.4. The van der Waals surface area contributed by atoms with Crippen LogP contribution in [0.1, 0.15) is 32.8 Å². The van der Waals surface area contributed by atoms with Gasteiger partial charge in [-0.1, -0.05) is 78.3 Å². The van der Waals surface area contributed by atoms with Crippen LogP contribution in [0.15, 0.2) is 298 Å². The third-order valence-corrected chi connectivity index (χ3v) is 25.4. The third kappa shape index (κ3) is 22.3. The minimum Gasteiger partial charge on any atom is -0.508 e. The predicted molar refractivity (Wildman–Crippen MR) is 519 cm³/mol. The number of ether oxygens (including phenoxy) is 3. The molecule has 0 unspecified atom stereocenters. The van der Waals surface area contributed by atoms with Gasteiger partial charge in [-0.2, -0.15) is 0 Å². The number of hydrogen-bond acceptors (Lipinski definition) is 29. The van der Waals surface area contributed by atoms with Gasteiger partial charge in [-0.3, -0.25) is 22.0 Å². The van der Waals surface area contributed by atoms with Crippen molar-refractivity contribution in [3.8, 4) is 85.3 Å². The molecule has 11 aromatic heterocycles. The molecular weight excluding hydrogens is 1950 g/mol. The lowest BCUT2D eigenvalue weighted by molar-refractivity contribution is 0.355. The van der Waals surface area contributed by atoms with Crippen LogP contribution in [-0.2, 0) is 62.8 Å². The first-order valence-corrected chi connectivity index (χ1v) is 47.7. The maximum Gasteiger partial charge on any atom is 0.238 e. The number of methoxy groups -OCH3 is 3. The number of nitrogens with zero attached hydrogens (tertiary/aromatic N) is 15. The summed E-state index contributed by atoms with van der Waals surface area (Å²) in [4.78, 5) is 45.8. The van der Waals surface area contributed by atoms with Crippen LogP contribution >= 0.6 is 54.8 Å². The van der Waals surface area contributed by atoms with E-state index < -0.39 is 30.1 Å². The molecule has 43 heteroatoms. The maximum atomic E-state index is 11.4. The zero-order chi connectivity index (χ0) is 94.5. The second kappa shape index (κ2) is 41.3. The number of phenols is 4. The van der Waals surface area contributed by atoms with Gasteiger partial charge in [-0.15, -0.1) is 11.3 Å². The van der Waals surface area contributed by atoms with Crippen molar-refractivity contribution in [2.75, 3.05) is 47.9 Å². The molecule has 0 bridgehead atoms. The van der Waals surface area contributed by atoms with Crippen LogP contribution in [-0.4, -0.2) is 139 Å². The number of aromatic hydroxyl groups is 4. The summed E-state index contributed by atoms with van der Waals surface area (Å²) in [7, 11) is -6.38. The van der Waals surface area contributed by atoms with Crippen molar-refractivity contribution in [3.05, 3.63) is 321 Å². The number of aromatic nitrogens is 15. The molecule has 19 aromatic rings. The van der Waals surface area contributed by atoms with E-state index in [1.54, 1.807) is 154 Å². The van der Waals surface area contributed by atoms with E-state index in [2.05, 4.69) is 120 Å². The van der Waals surface area contributed by atoms with Crippen LogP contribution in [0.3, 0.4) is 0 Å². The number of sulfonamides is 3. The number of thiophene rings is 1. The summed E-state index contributed by atoms with van der Waals surface area (Å²) in [5.74, 6) is 4.82. The number of nitrogens with two attached hydrogens (primary N) is 3. The van der Waals surface area contributed by atoms with Gasteiger partial charge in [0, 0.05) is 114 Å². The van der Waals surface area contributed by atoms with E-state index in [-0.39, 0.29) is 37.7 Å². The van der Waals surface area contributed by atoms with Gasteiger partial charge in [0.05, 0.1) is 95.8 Å². The van der Waals surface area contributed by atoms with Gasteiger partial charge in [0.15, 0.2) is 91.8 Å². The topological polar surface area (TPSA) is 500 Å². The number of hydrogen-bond donors (Lipinski definition) is 12. The van der Waals surface area contributed by atoms with Crippen molar-refractivity contribution in [1.29, 1.82) is 0 Å². The lowest BCUT2D eigenvalue weighted by Crippen LogP contribution is -2.12. The fourth-order valence-corrected chi connectivity index (χ4v) is 16.9. The molecule has 0 amide bonds. The third-order valence-electron chi connectivity index (χ3n) is 20.5. The molecule has 0 spiro atoms. The molecule has 0 fully saturated rings. The van der Waals surface area contributed by atoms with Crippen molar-refractivity contribution >= 4 is 142 Å². The van der Waals surface area contributed by atoms with Crippen LogP contribution in [0.25, 0.3) is 73.3 Å². The number of imidazole rings is 5. The largest absolute Gasteiger partial charge is 0.508 e. The average molecular weight is 2030 g/mol. The molecule has 0 saturated heterocycles. The summed E-state index contributed by atoms with van der Waals surface area (Å²) in [6, 6.07) is 53.4. The van der Waals surface area contributed by atoms with Gasteiger partial charge in [0.1, 0.15) is 15.0 Å². The molecule has 684 valence electrons. The lowest BCUT2D eigenvalue weighted by Gasteiger charge is -2.10. The predicted octanol–water partition coefficient (Wildman–Crippen LogP) is 15.7. The molecule has 0 aliphatic rings. The summed E-state index contributed by atoms with van der Waals surface area (Å²) in [5.41, 5.74) is 14.8. The Hall–Kier alpha value is -14.9. The molecule has 0 aliphatic heterocycles. The average Bonchev–Trinajstić information content (AvgIpc) is 2.00. The Morgan fingerprint density at radius 3 is 1.27 bits per heavy atom. The van der Waals surface area contributed by atoms with E-state index >= 15 is 0 Å². The number of aryl methyl sites for hydroxylation is 1. The molecule has 11 heterocycles. The van der Waals surface area contributed by atoms with Crippen molar-refractivity contribution in [3.63, 3.8) is 0 Å². The monoisotopic (exact) mass is 2030 g/mol. The van der Waals surface area contributed by atoms with E-state index in [0.717, 1.165) is 101 Å². The van der Waals surface area contributed by atoms with Crippen LogP contribution in [0, 0.1) is 6.92 Å². The number of halogens is 3. The minimum atomic E-state index is -3.72. The van der Waals surface area contributed by atoms with Gasteiger partial charge in [0.25, 0.3) is 0 Å². The first kappa shape index (κ1) is 93.8. The van der Waals surface area contributed by atoms with E-state index in [0.29, 0.717) is 93.8 Å². The molecule has 19 rings (SSSR count). The van der Waals surface area contributed by atoms with Crippen molar-refractivity contribution in [1.82, 2.24) is 71.8 Å². The summed E-state index contributed by atoms with van der Waals surface area (Å²) in [6.07, 6.45) is 22.9. The number of rotatable bonds is 25. The van der Waals surface area contributed by atoms with Gasteiger partial charge in [-0.05, 0) is 188 Å². The summed E-state index contributed by atoms with van der Waals surface area (Å²) >= 11 is 14.4. The molecule has 134 heavy (non-hydrogen) atoms. The number of benzene rings is 8. The normalized spacial score (nSPS) is 11.4. The summed E-state index contributed by atoms with van der Waals surface area (Å²) < 4.78 is 95.0. The number of primary sulfonamides is 3. The summed E-state index contributed by atoms with van der Waals surface area (Å²) in [6.45, 7) is 4.54. The molecule has 8 aromatic carbocycles. The summed E-state index contributed by atoms with van der Waals surface area (Å²) in [5, 5.41) is 73.2. The number of fused-ring (bicyclic) bond motifs is 5. The zero-order valence-corrected chi connectivity index (χ0v) is 78.4. The van der Waals surface area contributed by atoms with Crippen LogP contribution in [0.4, 0.5) is 29.1 Å². The molecule has 15 N–H and O–H groups in total. The van der Waals surface area contributed by atoms with Gasteiger partial charge < -0.3 is 61.2 Å². The second-order valence-electron chi connectivity index (χ2n) is 29.3. The molecule has 0 aliphatic carbocycles. The van der Waals surface area contributed by atoms with E-state index in [4.69, 9.17) is 41.2 Å². The van der Waals surface area contributed by atoms with E-state index in [9.17, 15) is 45.7 Å².